The lowest BCUT2D eigenvalue weighted by Gasteiger charge is -2.39. The molecule has 2 unspecified atom stereocenters. The molecule has 2 nitrogen and oxygen atoms in total. The Morgan fingerprint density at radius 2 is 1.86 bits per heavy atom. The Kier molecular flexibility index (Phi) is 2.71. The van der Waals surface area contributed by atoms with Crippen LogP contribution in [-0.2, 0) is 6.54 Å². The van der Waals surface area contributed by atoms with Crippen molar-refractivity contribution in [3.05, 3.63) is 27.1 Å². The molecule has 110 valence electrons. The minimum absolute atomic E-state index is 0.0800. The van der Waals surface area contributed by atoms with Gasteiger partial charge in [-0.1, -0.05) is 0 Å². The molecule has 6 rings (SSSR count). The van der Waals surface area contributed by atoms with Gasteiger partial charge < -0.3 is 4.90 Å². The Hall–Kier alpha value is -0.650. The predicted octanol–water partition coefficient (Wildman–Crippen LogP) is 4.48. The number of benzene rings is 1. The van der Waals surface area contributed by atoms with Gasteiger partial charge in [-0.15, -0.1) is 0 Å². The van der Waals surface area contributed by atoms with Crippen molar-refractivity contribution < 1.29 is 4.39 Å². The van der Waals surface area contributed by atoms with Crippen molar-refractivity contribution in [3.63, 3.8) is 0 Å². The number of hydrogen-bond acceptors (Lipinski definition) is 2. The van der Waals surface area contributed by atoms with Crippen molar-refractivity contribution in [1.29, 1.82) is 0 Å². The number of aliphatic imine (C=N–C) groups is 1. The molecule has 0 radical (unpaired) electrons. The molecular formula is C17H18FIN2. The van der Waals surface area contributed by atoms with E-state index in [-0.39, 0.29) is 5.82 Å². The summed E-state index contributed by atoms with van der Waals surface area (Å²) >= 11 is 2.19. The van der Waals surface area contributed by atoms with E-state index >= 15 is 0 Å². The normalized spacial score (nSPS) is 36.1. The summed E-state index contributed by atoms with van der Waals surface area (Å²) in [5, 5.41) is 0. The molecule has 3 aliphatic heterocycles. The molecule has 5 aliphatic rings. The zero-order valence-electron chi connectivity index (χ0n) is 11.9. The van der Waals surface area contributed by atoms with Gasteiger partial charge in [-0.2, -0.15) is 0 Å². The molecule has 0 N–H and O–H groups in total. The fraction of sp³-hybridized carbons (Fsp3) is 0.588. The Labute approximate surface area is 138 Å². The maximum Gasteiger partial charge on any atom is 0.131 e. The van der Waals surface area contributed by atoms with E-state index in [1.807, 2.05) is 6.07 Å². The minimum Gasteiger partial charge on any atom is -0.352 e. The van der Waals surface area contributed by atoms with E-state index in [9.17, 15) is 4.39 Å². The van der Waals surface area contributed by atoms with Crippen LogP contribution < -0.4 is 0 Å². The van der Waals surface area contributed by atoms with Crippen LogP contribution in [0.5, 0.6) is 0 Å². The summed E-state index contributed by atoms with van der Waals surface area (Å²) in [6, 6.07) is 4.28. The van der Waals surface area contributed by atoms with E-state index in [0.717, 1.165) is 33.2 Å². The molecule has 4 fully saturated rings. The van der Waals surface area contributed by atoms with Gasteiger partial charge in [0, 0.05) is 27.6 Å². The van der Waals surface area contributed by atoms with E-state index < -0.39 is 0 Å². The van der Waals surface area contributed by atoms with E-state index in [1.54, 1.807) is 6.07 Å². The zero-order valence-corrected chi connectivity index (χ0v) is 14.0. The summed E-state index contributed by atoms with van der Waals surface area (Å²) < 4.78 is 15.3. The molecule has 2 saturated carbocycles. The third kappa shape index (κ3) is 1.90. The Bertz CT molecular complexity index is 642. The average molecular weight is 396 g/mol. The van der Waals surface area contributed by atoms with Gasteiger partial charge in [0.25, 0.3) is 0 Å². The fourth-order valence-corrected chi connectivity index (χ4v) is 5.78. The highest BCUT2D eigenvalue weighted by atomic mass is 127. The second-order valence-electron chi connectivity index (χ2n) is 7.24. The number of amidine groups is 1. The number of nitrogens with zero attached hydrogens (tertiary/aromatic N) is 2. The summed E-state index contributed by atoms with van der Waals surface area (Å²) in [7, 11) is 0. The topological polar surface area (TPSA) is 15.6 Å². The maximum absolute atomic E-state index is 14.3. The smallest absolute Gasteiger partial charge is 0.131 e. The predicted molar refractivity (Wildman–Crippen MR) is 89.1 cm³/mol. The molecule has 0 aromatic heterocycles. The number of rotatable bonds is 0. The fourth-order valence-electron chi connectivity index (χ4n) is 5.21. The summed E-state index contributed by atoms with van der Waals surface area (Å²) in [6.45, 7) is 0.734. The van der Waals surface area contributed by atoms with E-state index in [0.29, 0.717) is 12.0 Å². The zero-order chi connectivity index (χ0) is 14.1. The van der Waals surface area contributed by atoms with Crippen LogP contribution in [0.3, 0.4) is 0 Å². The molecule has 0 amide bonds. The molecule has 2 saturated heterocycles. The quantitative estimate of drug-likeness (QED) is 0.591. The first kappa shape index (κ1) is 12.9. The Morgan fingerprint density at radius 1 is 1.10 bits per heavy atom. The van der Waals surface area contributed by atoms with Crippen molar-refractivity contribution in [3.8, 4) is 0 Å². The summed E-state index contributed by atoms with van der Waals surface area (Å²) in [5.41, 5.74) is 1.69. The molecule has 2 aliphatic carbocycles. The lowest BCUT2D eigenvalue weighted by atomic mass is 9.68. The first-order valence-corrected chi connectivity index (χ1v) is 9.08. The Morgan fingerprint density at radius 3 is 2.62 bits per heavy atom. The van der Waals surface area contributed by atoms with Crippen LogP contribution in [0, 0.1) is 27.1 Å². The van der Waals surface area contributed by atoms with Crippen molar-refractivity contribution >= 4 is 34.1 Å². The van der Waals surface area contributed by atoms with E-state index in [2.05, 4.69) is 27.5 Å². The van der Waals surface area contributed by atoms with E-state index in [1.165, 1.54) is 37.9 Å². The summed E-state index contributed by atoms with van der Waals surface area (Å²) in [5.74, 6) is 3.58. The molecule has 2 atom stereocenters. The van der Waals surface area contributed by atoms with Crippen molar-refractivity contribution in [2.75, 3.05) is 0 Å². The molecule has 1 aromatic rings. The number of fused-ring (bicyclic) bond motifs is 1. The first-order chi connectivity index (χ1) is 10.2. The lowest BCUT2D eigenvalue weighted by Crippen LogP contribution is -2.42. The standard InChI is InChI=1S/C17H18FIN2/c18-15-6-12(19)7-16-14(15)8-21-13-4-9-1-10(5-13)3-11(2-9)17(21)20-16/h6-7,9-11,13H,1-5,8H2. The van der Waals surface area contributed by atoms with Crippen LogP contribution in [0.2, 0.25) is 0 Å². The summed E-state index contributed by atoms with van der Waals surface area (Å²) in [6.07, 6.45) is 6.64. The third-order valence-corrected chi connectivity index (χ3v) is 6.54. The second-order valence-corrected chi connectivity index (χ2v) is 8.49. The van der Waals surface area contributed by atoms with Crippen LogP contribution in [0.1, 0.15) is 37.7 Å². The SMILES string of the molecule is Fc1cc(I)cc2c1CN1C(=N2)C2CC3CC(C2)CC1C3. The number of hydrogen-bond donors (Lipinski definition) is 0. The van der Waals surface area contributed by atoms with Crippen LogP contribution in [0.15, 0.2) is 17.1 Å². The van der Waals surface area contributed by atoms with Gasteiger partial charge in [0.05, 0.1) is 5.69 Å². The van der Waals surface area contributed by atoms with Gasteiger partial charge in [-0.25, -0.2) is 9.38 Å². The van der Waals surface area contributed by atoms with Crippen molar-refractivity contribution in [2.45, 2.75) is 44.7 Å². The van der Waals surface area contributed by atoms with Crippen LogP contribution >= 0.6 is 22.6 Å². The van der Waals surface area contributed by atoms with Crippen molar-refractivity contribution in [1.82, 2.24) is 4.90 Å². The van der Waals surface area contributed by atoms with Crippen LogP contribution in [0.4, 0.5) is 10.1 Å². The molecule has 4 heteroatoms. The van der Waals surface area contributed by atoms with Gasteiger partial charge in [-0.05, 0) is 78.7 Å². The molecule has 4 bridgehead atoms. The molecule has 3 heterocycles. The highest BCUT2D eigenvalue weighted by molar-refractivity contribution is 14.1. The minimum atomic E-state index is -0.0800. The van der Waals surface area contributed by atoms with E-state index in [4.69, 9.17) is 4.99 Å². The van der Waals surface area contributed by atoms with Crippen molar-refractivity contribution in [2.24, 2.45) is 22.7 Å². The lowest BCUT2D eigenvalue weighted by molar-refractivity contribution is 0.127. The molecule has 0 spiro atoms. The third-order valence-electron chi connectivity index (χ3n) is 5.91. The maximum atomic E-state index is 14.3. The molecule has 21 heavy (non-hydrogen) atoms. The monoisotopic (exact) mass is 396 g/mol. The first-order valence-electron chi connectivity index (χ1n) is 8.00. The molecule has 1 aromatic carbocycles. The highest BCUT2D eigenvalue weighted by Gasteiger charge is 2.46. The largest absolute Gasteiger partial charge is 0.352 e. The van der Waals surface area contributed by atoms with Gasteiger partial charge in [-0.3, -0.25) is 0 Å². The summed E-state index contributed by atoms with van der Waals surface area (Å²) in [4.78, 5) is 7.40. The van der Waals surface area contributed by atoms with Gasteiger partial charge in [0.1, 0.15) is 11.7 Å². The average Bonchev–Trinajstić information content (AvgIpc) is 2.59. The Balaban J connectivity index is 1.66. The van der Waals surface area contributed by atoms with Crippen LogP contribution in [-0.4, -0.2) is 16.8 Å². The van der Waals surface area contributed by atoms with Gasteiger partial charge >= 0.3 is 0 Å². The van der Waals surface area contributed by atoms with Gasteiger partial charge in [0.2, 0.25) is 0 Å². The van der Waals surface area contributed by atoms with Gasteiger partial charge in [0.15, 0.2) is 0 Å². The number of halogens is 2. The second kappa shape index (κ2) is 4.43. The van der Waals surface area contributed by atoms with Crippen LogP contribution in [0.25, 0.3) is 0 Å². The molecular weight excluding hydrogens is 378 g/mol. The highest BCUT2D eigenvalue weighted by Crippen LogP contribution is 2.50.